The van der Waals surface area contributed by atoms with Gasteiger partial charge in [0.15, 0.2) is 0 Å². The van der Waals surface area contributed by atoms with Gasteiger partial charge in [-0.1, -0.05) is 54.6 Å². The third kappa shape index (κ3) is 3.87. The number of furan rings is 1. The summed E-state index contributed by atoms with van der Waals surface area (Å²) in [4.78, 5) is 30.3. The number of benzene rings is 3. The van der Waals surface area contributed by atoms with Crippen molar-refractivity contribution in [3.8, 4) is 10.6 Å². The van der Waals surface area contributed by atoms with Gasteiger partial charge in [0.05, 0.1) is 29.3 Å². The maximum atomic E-state index is 13.0. The number of esters is 1. The van der Waals surface area contributed by atoms with Crippen molar-refractivity contribution in [2.75, 3.05) is 12.4 Å². The zero-order valence-corrected chi connectivity index (χ0v) is 18.9. The van der Waals surface area contributed by atoms with Crippen molar-refractivity contribution in [1.82, 2.24) is 4.98 Å². The minimum Gasteiger partial charge on any atom is -0.465 e. The molecule has 0 unspecified atom stereocenters. The Morgan fingerprint density at radius 3 is 2.61 bits per heavy atom. The lowest BCUT2D eigenvalue weighted by atomic mass is 10.0. The summed E-state index contributed by atoms with van der Waals surface area (Å²) in [5, 5.41) is 5.53. The number of amides is 1. The number of carbonyl (C=O) groups is 2. The van der Waals surface area contributed by atoms with Crippen LogP contribution in [0.1, 0.15) is 21.7 Å². The zero-order chi connectivity index (χ0) is 22.9. The molecule has 6 nitrogen and oxygen atoms in total. The number of para-hydroxylation sites is 1. The molecule has 0 saturated heterocycles. The second-order valence-corrected chi connectivity index (χ2v) is 8.61. The van der Waals surface area contributed by atoms with E-state index in [1.54, 1.807) is 6.92 Å². The fourth-order valence-corrected chi connectivity index (χ4v) is 4.97. The molecule has 3 aromatic carbocycles. The fourth-order valence-electron chi connectivity index (χ4n) is 3.95. The molecule has 1 N–H and O–H groups in total. The molecule has 0 aliphatic heterocycles. The van der Waals surface area contributed by atoms with Crippen LogP contribution >= 0.6 is 11.3 Å². The molecular weight excluding hydrogens is 436 g/mol. The number of thiazole rings is 1. The molecule has 2 aromatic heterocycles. The summed E-state index contributed by atoms with van der Waals surface area (Å²) in [6.07, 6.45) is 0.161. The van der Waals surface area contributed by atoms with E-state index in [0.29, 0.717) is 16.3 Å². The maximum Gasteiger partial charge on any atom is 0.342 e. The van der Waals surface area contributed by atoms with E-state index in [4.69, 9.17) is 9.15 Å². The van der Waals surface area contributed by atoms with Crippen LogP contribution < -0.4 is 5.32 Å². The molecule has 0 atom stereocenters. The molecule has 0 fully saturated rings. The number of methoxy groups -OCH3 is 1. The van der Waals surface area contributed by atoms with Crippen molar-refractivity contribution in [2.24, 2.45) is 0 Å². The van der Waals surface area contributed by atoms with Gasteiger partial charge in [0.2, 0.25) is 11.8 Å². The van der Waals surface area contributed by atoms with Crippen molar-refractivity contribution >= 4 is 50.1 Å². The van der Waals surface area contributed by atoms with Gasteiger partial charge >= 0.3 is 5.97 Å². The molecule has 164 valence electrons. The Balaban J connectivity index is 1.54. The Kier molecular flexibility index (Phi) is 5.40. The molecule has 0 radical (unpaired) electrons. The molecular formula is C26H20N2O4S. The molecule has 5 rings (SSSR count). The third-order valence-electron chi connectivity index (χ3n) is 5.47. The number of nitrogens with zero attached hydrogens (tertiary/aromatic N) is 1. The normalized spacial score (nSPS) is 11.1. The average Bonchev–Trinajstić information content (AvgIpc) is 3.39. The second-order valence-electron chi connectivity index (χ2n) is 7.58. The van der Waals surface area contributed by atoms with E-state index in [9.17, 15) is 9.59 Å². The van der Waals surface area contributed by atoms with Crippen LogP contribution in [0, 0.1) is 6.92 Å². The predicted molar refractivity (Wildman–Crippen MR) is 130 cm³/mol. The molecule has 0 aliphatic carbocycles. The number of nitrogens with one attached hydrogen (secondary N) is 1. The van der Waals surface area contributed by atoms with Gasteiger partial charge in [-0.05, 0) is 35.4 Å². The average molecular weight is 457 g/mol. The van der Waals surface area contributed by atoms with Crippen LogP contribution in [0.5, 0.6) is 0 Å². The van der Waals surface area contributed by atoms with Crippen LogP contribution in [0.4, 0.5) is 5.88 Å². The summed E-state index contributed by atoms with van der Waals surface area (Å²) >= 11 is 1.42. The first kappa shape index (κ1) is 20.9. The van der Waals surface area contributed by atoms with E-state index in [-0.39, 0.29) is 23.8 Å². The van der Waals surface area contributed by atoms with Gasteiger partial charge in [-0.3, -0.25) is 10.1 Å². The largest absolute Gasteiger partial charge is 0.465 e. The van der Waals surface area contributed by atoms with E-state index in [2.05, 4.69) is 10.3 Å². The van der Waals surface area contributed by atoms with Gasteiger partial charge < -0.3 is 9.15 Å². The lowest BCUT2D eigenvalue weighted by Crippen LogP contribution is -2.15. The molecule has 0 aliphatic rings. The molecule has 7 heteroatoms. The molecule has 2 heterocycles. The fraction of sp³-hybridized carbons (Fsp3) is 0.115. The Labute approximate surface area is 193 Å². The first-order valence-corrected chi connectivity index (χ1v) is 11.2. The SMILES string of the molecule is COC(=O)c1c(C)oc(NC(=O)Cc2cccc3ccccc23)c1-c1nc2ccccc2s1. The first-order valence-electron chi connectivity index (χ1n) is 10.4. The highest BCUT2D eigenvalue weighted by Crippen LogP contribution is 2.40. The van der Waals surface area contributed by atoms with Gasteiger partial charge in [0.1, 0.15) is 16.3 Å². The molecule has 0 spiro atoms. The summed E-state index contributed by atoms with van der Waals surface area (Å²) < 4.78 is 11.8. The van der Waals surface area contributed by atoms with Gasteiger partial charge in [0, 0.05) is 0 Å². The zero-order valence-electron chi connectivity index (χ0n) is 18.0. The lowest BCUT2D eigenvalue weighted by molar-refractivity contribution is -0.115. The summed E-state index contributed by atoms with van der Waals surface area (Å²) in [5.74, 6) is -0.243. The Morgan fingerprint density at radius 2 is 1.79 bits per heavy atom. The van der Waals surface area contributed by atoms with Gasteiger partial charge in [-0.2, -0.15) is 0 Å². The number of carbonyl (C=O) groups excluding carboxylic acids is 2. The molecule has 0 bridgehead atoms. The summed E-state index contributed by atoms with van der Waals surface area (Å²) in [7, 11) is 1.32. The number of anilines is 1. The van der Waals surface area contributed by atoms with Crippen molar-refractivity contribution in [2.45, 2.75) is 13.3 Å². The van der Waals surface area contributed by atoms with Crippen LogP contribution in [0.3, 0.4) is 0 Å². The van der Waals surface area contributed by atoms with Crippen LogP contribution in [0.25, 0.3) is 31.6 Å². The van der Waals surface area contributed by atoms with Crippen LogP contribution in [0.15, 0.2) is 71.1 Å². The van der Waals surface area contributed by atoms with Crippen molar-refractivity contribution in [3.05, 3.63) is 83.6 Å². The minimum atomic E-state index is -0.542. The molecule has 0 saturated carbocycles. The number of hydrogen-bond donors (Lipinski definition) is 1. The van der Waals surface area contributed by atoms with Crippen LogP contribution in [0.2, 0.25) is 0 Å². The lowest BCUT2D eigenvalue weighted by Gasteiger charge is -2.08. The Hall–Kier alpha value is -3.97. The number of ether oxygens (including phenoxy) is 1. The number of fused-ring (bicyclic) bond motifs is 2. The Bertz CT molecular complexity index is 1480. The van der Waals surface area contributed by atoms with Crippen molar-refractivity contribution < 1.29 is 18.7 Å². The van der Waals surface area contributed by atoms with Crippen molar-refractivity contribution in [3.63, 3.8) is 0 Å². The van der Waals surface area contributed by atoms with Gasteiger partial charge in [-0.25, -0.2) is 9.78 Å². The van der Waals surface area contributed by atoms with Crippen LogP contribution in [-0.2, 0) is 16.0 Å². The van der Waals surface area contributed by atoms with E-state index in [1.807, 2.05) is 66.7 Å². The van der Waals surface area contributed by atoms with E-state index in [0.717, 1.165) is 26.6 Å². The Morgan fingerprint density at radius 1 is 1.03 bits per heavy atom. The molecule has 33 heavy (non-hydrogen) atoms. The summed E-state index contributed by atoms with van der Waals surface area (Å²) in [6, 6.07) is 21.5. The van der Waals surface area contributed by atoms with Gasteiger partial charge in [0.25, 0.3) is 0 Å². The smallest absolute Gasteiger partial charge is 0.342 e. The highest BCUT2D eigenvalue weighted by atomic mass is 32.1. The highest BCUT2D eigenvalue weighted by molar-refractivity contribution is 7.21. The highest BCUT2D eigenvalue weighted by Gasteiger charge is 2.28. The molecule has 5 aromatic rings. The van der Waals surface area contributed by atoms with E-state index < -0.39 is 5.97 Å². The summed E-state index contributed by atoms with van der Waals surface area (Å²) in [5.41, 5.74) is 2.41. The maximum absolute atomic E-state index is 13.0. The quantitative estimate of drug-likeness (QED) is 0.329. The van der Waals surface area contributed by atoms with Crippen LogP contribution in [-0.4, -0.2) is 24.0 Å². The predicted octanol–water partition coefficient (Wildman–Crippen LogP) is 5.99. The van der Waals surface area contributed by atoms with E-state index >= 15 is 0 Å². The number of aromatic nitrogens is 1. The number of rotatable bonds is 5. The minimum absolute atomic E-state index is 0.161. The monoisotopic (exact) mass is 456 g/mol. The van der Waals surface area contributed by atoms with E-state index in [1.165, 1.54) is 18.4 Å². The second kappa shape index (κ2) is 8.52. The van der Waals surface area contributed by atoms with Crippen molar-refractivity contribution in [1.29, 1.82) is 0 Å². The number of aryl methyl sites for hydroxylation is 1. The molecule has 1 amide bonds. The summed E-state index contributed by atoms with van der Waals surface area (Å²) in [6.45, 7) is 1.67. The number of hydrogen-bond acceptors (Lipinski definition) is 6. The third-order valence-corrected chi connectivity index (χ3v) is 6.52. The van der Waals surface area contributed by atoms with Gasteiger partial charge in [-0.15, -0.1) is 11.3 Å². The standard InChI is InChI=1S/C26H20N2O4S/c1-15-22(26(30)31-2)23(25-27-19-12-5-6-13-20(19)33-25)24(32-15)28-21(29)14-17-10-7-9-16-8-3-4-11-18(16)17/h3-13H,14H2,1-2H3,(H,28,29). The first-order chi connectivity index (χ1) is 16.0. The topological polar surface area (TPSA) is 81.4 Å².